The van der Waals surface area contributed by atoms with Gasteiger partial charge >= 0.3 is 0 Å². The highest BCUT2D eigenvalue weighted by Crippen LogP contribution is 2.34. The highest BCUT2D eigenvalue weighted by atomic mass is 16.5. The van der Waals surface area contributed by atoms with Crippen LogP contribution in [0, 0.1) is 17.8 Å². The van der Waals surface area contributed by atoms with Crippen LogP contribution in [-0.4, -0.2) is 12.7 Å². The maximum atomic E-state index is 6.21. The minimum Gasteiger partial charge on any atom is -0.378 e. The van der Waals surface area contributed by atoms with E-state index < -0.39 is 0 Å². The molecule has 2 aliphatic rings. The third-order valence-corrected chi connectivity index (χ3v) is 6.78. The van der Waals surface area contributed by atoms with Gasteiger partial charge in [-0.3, -0.25) is 0 Å². The third kappa shape index (κ3) is 7.89. The van der Waals surface area contributed by atoms with Crippen molar-refractivity contribution in [2.45, 2.75) is 123 Å². The topological polar surface area (TPSA) is 9.23 Å². The van der Waals surface area contributed by atoms with Gasteiger partial charge in [-0.05, 0) is 56.3 Å². The fourth-order valence-corrected chi connectivity index (χ4v) is 5.11. The predicted molar refractivity (Wildman–Crippen MR) is 105 cm³/mol. The Hall–Kier alpha value is -0.0400. The van der Waals surface area contributed by atoms with Crippen molar-refractivity contribution in [2.75, 3.05) is 6.61 Å². The summed E-state index contributed by atoms with van der Waals surface area (Å²) in [4.78, 5) is 0. The molecular weight excluding hydrogens is 292 g/mol. The lowest BCUT2D eigenvalue weighted by atomic mass is 9.78. The Kier molecular flexibility index (Phi) is 10.4. The normalized spacial score (nSPS) is 31.2. The van der Waals surface area contributed by atoms with Gasteiger partial charge in [0.05, 0.1) is 6.10 Å². The van der Waals surface area contributed by atoms with E-state index in [0.29, 0.717) is 6.10 Å². The van der Waals surface area contributed by atoms with E-state index >= 15 is 0 Å². The Balaban J connectivity index is 1.44. The number of hydrogen-bond donors (Lipinski definition) is 0. The van der Waals surface area contributed by atoms with E-state index in [-0.39, 0.29) is 0 Å². The maximum absolute atomic E-state index is 6.21. The van der Waals surface area contributed by atoms with Crippen LogP contribution in [0.2, 0.25) is 0 Å². The van der Waals surface area contributed by atoms with Gasteiger partial charge in [0.2, 0.25) is 0 Å². The molecule has 0 atom stereocenters. The van der Waals surface area contributed by atoms with Gasteiger partial charge in [-0.15, -0.1) is 0 Å². The van der Waals surface area contributed by atoms with Gasteiger partial charge in [-0.25, -0.2) is 0 Å². The van der Waals surface area contributed by atoms with Crippen LogP contribution in [0.5, 0.6) is 0 Å². The summed E-state index contributed by atoms with van der Waals surface area (Å²) in [5.74, 6) is 3.07. The van der Waals surface area contributed by atoms with Gasteiger partial charge in [0.25, 0.3) is 0 Å². The highest BCUT2D eigenvalue weighted by molar-refractivity contribution is 4.74. The van der Waals surface area contributed by atoms with Crippen molar-refractivity contribution in [3.63, 3.8) is 0 Å². The lowest BCUT2D eigenvalue weighted by Crippen LogP contribution is -2.22. The smallest absolute Gasteiger partial charge is 0.0575 e. The summed E-state index contributed by atoms with van der Waals surface area (Å²) < 4.78 is 6.21. The van der Waals surface area contributed by atoms with Gasteiger partial charge in [0.1, 0.15) is 0 Å². The van der Waals surface area contributed by atoms with Crippen molar-refractivity contribution < 1.29 is 4.74 Å². The van der Waals surface area contributed by atoms with E-state index in [4.69, 9.17) is 4.74 Å². The molecule has 0 aromatic heterocycles. The number of unbranched alkanes of at least 4 members (excludes halogenated alkanes) is 2. The fraction of sp³-hybridized carbons (Fsp3) is 1.00. The molecule has 0 unspecified atom stereocenters. The molecule has 0 N–H and O–H groups in total. The lowest BCUT2D eigenvalue weighted by molar-refractivity contribution is 0.0132. The molecule has 142 valence electrons. The van der Waals surface area contributed by atoms with E-state index in [1.165, 1.54) is 103 Å². The van der Waals surface area contributed by atoms with Crippen molar-refractivity contribution in [3.05, 3.63) is 0 Å². The SMILES string of the molecule is CCCCC[C@H]1CC[C@H](OCCC[C@H]2CC[C@H](CCC)CC2)CC1. The molecule has 2 saturated carbocycles. The monoisotopic (exact) mass is 336 g/mol. The standard InChI is InChI=1S/C23H44O/c1-3-5-6-9-21-15-17-23(18-16-21)24-19-7-10-22-13-11-20(8-4-2)12-14-22/h20-23H,3-19H2,1-2H3/t20-,21-,22-,23-. The third-order valence-electron chi connectivity index (χ3n) is 6.78. The van der Waals surface area contributed by atoms with Gasteiger partial charge in [0, 0.05) is 6.61 Å². The first-order valence-corrected chi connectivity index (χ1v) is 11.4. The Morgan fingerprint density at radius 1 is 0.583 bits per heavy atom. The summed E-state index contributed by atoms with van der Waals surface area (Å²) in [5.41, 5.74) is 0. The number of hydrogen-bond acceptors (Lipinski definition) is 1. The van der Waals surface area contributed by atoms with Crippen LogP contribution in [0.1, 0.15) is 117 Å². The Morgan fingerprint density at radius 3 is 1.71 bits per heavy atom. The predicted octanol–water partition coefficient (Wildman–Crippen LogP) is 7.53. The van der Waals surface area contributed by atoms with E-state index in [1.807, 2.05) is 0 Å². The van der Waals surface area contributed by atoms with Crippen LogP contribution in [0.4, 0.5) is 0 Å². The molecule has 1 heteroatoms. The summed E-state index contributed by atoms with van der Waals surface area (Å²) >= 11 is 0. The zero-order valence-corrected chi connectivity index (χ0v) is 16.7. The van der Waals surface area contributed by atoms with Crippen molar-refractivity contribution in [2.24, 2.45) is 17.8 Å². The van der Waals surface area contributed by atoms with Gasteiger partial charge in [0.15, 0.2) is 0 Å². The number of ether oxygens (including phenoxy) is 1. The quantitative estimate of drug-likeness (QED) is 0.354. The summed E-state index contributed by atoms with van der Waals surface area (Å²) in [5, 5.41) is 0. The molecular formula is C23H44O. The molecule has 0 amide bonds. The highest BCUT2D eigenvalue weighted by Gasteiger charge is 2.22. The molecule has 0 aromatic carbocycles. The van der Waals surface area contributed by atoms with Crippen molar-refractivity contribution >= 4 is 0 Å². The van der Waals surface area contributed by atoms with Crippen molar-refractivity contribution in [3.8, 4) is 0 Å². The summed E-state index contributed by atoms with van der Waals surface area (Å²) in [6, 6.07) is 0. The first kappa shape index (κ1) is 20.3. The molecule has 0 spiro atoms. The molecule has 1 nitrogen and oxygen atoms in total. The molecule has 24 heavy (non-hydrogen) atoms. The van der Waals surface area contributed by atoms with Gasteiger partial charge in [-0.2, -0.15) is 0 Å². The number of rotatable bonds is 11. The van der Waals surface area contributed by atoms with Crippen LogP contribution in [0.3, 0.4) is 0 Å². The minimum absolute atomic E-state index is 0.590. The Bertz CT molecular complexity index is 284. The summed E-state index contributed by atoms with van der Waals surface area (Å²) in [6.07, 6.45) is 23.4. The first-order valence-electron chi connectivity index (χ1n) is 11.4. The van der Waals surface area contributed by atoms with Crippen LogP contribution in [0.15, 0.2) is 0 Å². The van der Waals surface area contributed by atoms with Crippen molar-refractivity contribution in [1.29, 1.82) is 0 Å². The second kappa shape index (κ2) is 12.3. The molecule has 0 bridgehead atoms. The molecule has 2 aliphatic carbocycles. The maximum Gasteiger partial charge on any atom is 0.0575 e. The molecule has 0 heterocycles. The molecule has 0 aromatic rings. The van der Waals surface area contributed by atoms with E-state index in [9.17, 15) is 0 Å². The van der Waals surface area contributed by atoms with Crippen LogP contribution in [-0.2, 0) is 4.74 Å². The van der Waals surface area contributed by atoms with Gasteiger partial charge in [-0.1, -0.05) is 78.1 Å². The first-order chi connectivity index (χ1) is 11.8. The van der Waals surface area contributed by atoms with Gasteiger partial charge < -0.3 is 4.74 Å². The van der Waals surface area contributed by atoms with Crippen LogP contribution < -0.4 is 0 Å². The molecule has 0 saturated heterocycles. The molecule has 0 aliphatic heterocycles. The average molecular weight is 337 g/mol. The van der Waals surface area contributed by atoms with Crippen LogP contribution >= 0.6 is 0 Å². The fourth-order valence-electron chi connectivity index (χ4n) is 5.11. The molecule has 2 fully saturated rings. The zero-order valence-electron chi connectivity index (χ0n) is 16.7. The lowest BCUT2D eigenvalue weighted by Gasteiger charge is -2.30. The van der Waals surface area contributed by atoms with E-state index in [2.05, 4.69) is 13.8 Å². The average Bonchev–Trinajstić information content (AvgIpc) is 2.62. The summed E-state index contributed by atoms with van der Waals surface area (Å²) in [7, 11) is 0. The van der Waals surface area contributed by atoms with E-state index in [0.717, 1.165) is 24.4 Å². The minimum atomic E-state index is 0.590. The molecule has 2 rings (SSSR count). The van der Waals surface area contributed by atoms with E-state index in [1.54, 1.807) is 0 Å². The van der Waals surface area contributed by atoms with Crippen molar-refractivity contribution in [1.82, 2.24) is 0 Å². The summed E-state index contributed by atoms with van der Waals surface area (Å²) in [6.45, 7) is 5.67. The van der Waals surface area contributed by atoms with Crippen LogP contribution in [0.25, 0.3) is 0 Å². The Morgan fingerprint density at radius 2 is 1.12 bits per heavy atom. The molecule has 0 radical (unpaired) electrons. The second-order valence-electron chi connectivity index (χ2n) is 8.83. The largest absolute Gasteiger partial charge is 0.378 e. The second-order valence-corrected chi connectivity index (χ2v) is 8.83. The Labute approximate surface area is 152 Å². The zero-order chi connectivity index (χ0) is 17.0.